The van der Waals surface area contributed by atoms with Gasteiger partial charge in [-0.1, -0.05) is 18.2 Å². The molecule has 1 fully saturated rings. The second kappa shape index (κ2) is 11.9. The summed E-state index contributed by atoms with van der Waals surface area (Å²) in [6.45, 7) is 1.43. The molecule has 0 unspecified atom stereocenters. The lowest BCUT2D eigenvalue weighted by molar-refractivity contribution is 0.0696. The predicted molar refractivity (Wildman–Crippen MR) is 153 cm³/mol. The standard InChI is InChI=1S/C32H30F2N4O5/c1-37-25-14-21(32(39)40)15-27(41-12-9-33)30(25)36-29(37)17-38-10-7-20(8-11-38)22-3-2-4-26-31(22)43-28(18-42-26)23-6-5-19(16-35)13-24(23)34/h2-6,13-15,20,28H,7-12,17-18H2,1H3,(H,39,40)/t28-/m1/s1. The van der Waals surface area contributed by atoms with Crippen molar-refractivity contribution in [3.63, 3.8) is 0 Å². The van der Waals surface area contributed by atoms with Crippen LogP contribution in [0, 0.1) is 17.1 Å². The van der Waals surface area contributed by atoms with E-state index in [-0.39, 0.29) is 36.0 Å². The first kappa shape index (κ1) is 28.4. The second-order valence-corrected chi connectivity index (χ2v) is 10.8. The summed E-state index contributed by atoms with van der Waals surface area (Å²) in [6.07, 6.45) is 1.08. The van der Waals surface area contributed by atoms with Crippen LogP contribution in [0.3, 0.4) is 0 Å². The lowest BCUT2D eigenvalue weighted by Gasteiger charge is -2.35. The van der Waals surface area contributed by atoms with Crippen molar-refractivity contribution in [2.24, 2.45) is 7.05 Å². The van der Waals surface area contributed by atoms with Gasteiger partial charge in [-0.25, -0.2) is 18.6 Å². The molecule has 1 saturated heterocycles. The van der Waals surface area contributed by atoms with Crippen molar-refractivity contribution in [3.8, 4) is 23.3 Å². The van der Waals surface area contributed by atoms with Crippen molar-refractivity contribution in [2.45, 2.75) is 31.4 Å². The zero-order valence-electron chi connectivity index (χ0n) is 23.6. The first-order valence-electron chi connectivity index (χ1n) is 14.1. The Morgan fingerprint density at radius 3 is 2.72 bits per heavy atom. The van der Waals surface area contributed by atoms with E-state index in [1.807, 2.05) is 35.9 Å². The molecule has 4 aromatic rings. The highest BCUT2D eigenvalue weighted by Gasteiger charge is 2.31. The Morgan fingerprint density at radius 1 is 1.19 bits per heavy atom. The number of alkyl halides is 1. The van der Waals surface area contributed by atoms with Gasteiger partial charge in [0.05, 0.1) is 29.3 Å². The molecule has 222 valence electrons. The number of aromatic carboxylic acids is 1. The number of imidazole rings is 1. The first-order valence-corrected chi connectivity index (χ1v) is 14.1. The van der Waals surface area contributed by atoms with E-state index in [0.29, 0.717) is 34.6 Å². The molecule has 0 bridgehead atoms. The number of aromatic nitrogens is 2. The third-order valence-electron chi connectivity index (χ3n) is 8.15. The van der Waals surface area contributed by atoms with Crippen LogP contribution in [-0.4, -0.2) is 58.5 Å². The smallest absolute Gasteiger partial charge is 0.335 e. The van der Waals surface area contributed by atoms with Crippen LogP contribution in [0.1, 0.15) is 57.7 Å². The van der Waals surface area contributed by atoms with E-state index in [0.717, 1.165) is 37.3 Å². The second-order valence-electron chi connectivity index (χ2n) is 10.8. The number of halogens is 2. The number of likely N-dealkylation sites (tertiary alicyclic amines) is 1. The van der Waals surface area contributed by atoms with Crippen molar-refractivity contribution in [2.75, 3.05) is 33.0 Å². The summed E-state index contributed by atoms with van der Waals surface area (Å²) in [4.78, 5) is 18.7. The summed E-state index contributed by atoms with van der Waals surface area (Å²) in [6, 6.07) is 15.1. The van der Waals surface area contributed by atoms with Gasteiger partial charge < -0.3 is 23.9 Å². The number of aryl methyl sites for hydroxylation is 1. The van der Waals surface area contributed by atoms with E-state index in [4.69, 9.17) is 24.5 Å². The number of fused-ring (bicyclic) bond motifs is 2. The quantitative estimate of drug-likeness (QED) is 0.287. The van der Waals surface area contributed by atoms with Gasteiger partial charge >= 0.3 is 5.97 Å². The molecule has 3 heterocycles. The van der Waals surface area contributed by atoms with Gasteiger partial charge in [0, 0.05) is 18.2 Å². The minimum atomic E-state index is -1.09. The van der Waals surface area contributed by atoms with E-state index >= 15 is 0 Å². The molecule has 3 aromatic carbocycles. The Labute approximate surface area is 246 Å². The van der Waals surface area contributed by atoms with Gasteiger partial charge in [0.15, 0.2) is 17.6 Å². The number of piperidine rings is 1. The molecule has 0 amide bonds. The van der Waals surface area contributed by atoms with Crippen molar-refractivity contribution in [3.05, 3.63) is 82.4 Å². The first-order chi connectivity index (χ1) is 20.9. The molecule has 2 aliphatic rings. The largest absolute Gasteiger partial charge is 0.488 e. The zero-order chi connectivity index (χ0) is 30.1. The zero-order valence-corrected chi connectivity index (χ0v) is 23.6. The van der Waals surface area contributed by atoms with Gasteiger partial charge in [0.1, 0.15) is 42.8 Å². The fourth-order valence-electron chi connectivity index (χ4n) is 5.88. The lowest BCUT2D eigenvalue weighted by atomic mass is 9.88. The average molecular weight is 589 g/mol. The van der Waals surface area contributed by atoms with Gasteiger partial charge in [0.25, 0.3) is 0 Å². The van der Waals surface area contributed by atoms with Gasteiger partial charge in [-0.3, -0.25) is 4.90 Å². The number of carboxylic acid groups (broad SMARTS) is 1. The molecule has 0 aliphatic carbocycles. The summed E-state index contributed by atoms with van der Waals surface area (Å²) in [5.41, 5.74) is 2.80. The molecule has 43 heavy (non-hydrogen) atoms. The number of carboxylic acids is 1. The Morgan fingerprint density at radius 2 is 2.00 bits per heavy atom. The van der Waals surface area contributed by atoms with Gasteiger partial charge in [-0.15, -0.1) is 0 Å². The van der Waals surface area contributed by atoms with Crippen molar-refractivity contribution < 1.29 is 32.9 Å². The van der Waals surface area contributed by atoms with Gasteiger partial charge in [0.2, 0.25) is 0 Å². The Kier molecular flexibility index (Phi) is 7.86. The maximum atomic E-state index is 14.8. The molecular weight excluding hydrogens is 558 g/mol. The number of ether oxygens (including phenoxy) is 3. The molecule has 9 nitrogen and oxygen atoms in total. The monoisotopic (exact) mass is 588 g/mol. The van der Waals surface area contributed by atoms with E-state index in [1.165, 1.54) is 12.1 Å². The van der Waals surface area contributed by atoms with Crippen LogP contribution < -0.4 is 14.2 Å². The number of nitrogens with zero attached hydrogens (tertiary/aromatic N) is 4. The highest BCUT2D eigenvalue weighted by Crippen LogP contribution is 2.45. The molecule has 1 atom stereocenters. The number of benzene rings is 3. The molecule has 1 N–H and O–H groups in total. The van der Waals surface area contributed by atoms with Gasteiger partial charge in [-0.2, -0.15) is 5.26 Å². The van der Waals surface area contributed by atoms with Crippen LogP contribution in [-0.2, 0) is 13.6 Å². The van der Waals surface area contributed by atoms with Crippen LogP contribution in [0.4, 0.5) is 8.78 Å². The Balaban J connectivity index is 1.17. The summed E-state index contributed by atoms with van der Waals surface area (Å²) in [5.74, 6) is 0.888. The molecule has 6 rings (SSSR count). The Hall–Kier alpha value is -4.69. The van der Waals surface area contributed by atoms with Crippen molar-refractivity contribution in [1.29, 1.82) is 5.26 Å². The van der Waals surface area contributed by atoms with E-state index in [2.05, 4.69) is 4.90 Å². The molecule has 0 spiro atoms. The van der Waals surface area contributed by atoms with Crippen molar-refractivity contribution in [1.82, 2.24) is 14.5 Å². The molecule has 11 heteroatoms. The normalized spacial score (nSPS) is 17.1. The summed E-state index contributed by atoms with van der Waals surface area (Å²) in [7, 11) is 1.84. The van der Waals surface area contributed by atoms with Crippen LogP contribution in [0.25, 0.3) is 11.0 Å². The fourth-order valence-corrected chi connectivity index (χ4v) is 5.88. The average Bonchev–Trinajstić information content (AvgIpc) is 3.34. The maximum absolute atomic E-state index is 14.8. The SMILES string of the molecule is Cn1c(CN2CCC(c3cccc4c3O[C@@H](c3ccc(C#N)cc3F)CO4)CC2)nc2c(OCCF)cc(C(=O)O)cc21. The summed E-state index contributed by atoms with van der Waals surface area (Å²) in [5, 5.41) is 18.6. The van der Waals surface area contributed by atoms with Crippen LogP contribution in [0.2, 0.25) is 0 Å². The Bertz CT molecular complexity index is 1730. The molecule has 1 aromatic heterocycles. The minimum Gasteiger partial charge on any atom is -0.488 e. The number of hydrogen-bond donors (Lipinski definition) is 1. The number of nitriles is 1. The highest BCUT2D eigenvalue weighted by molar-refractivity contribution is 5.95. The van der Waals surface area contributed by atoms with Crippen LogP contribution >= 0.6 is 0 Å². The van der Waals surface area contributed by atoms with Gasteiger partial charge in [-0.05, 0) is 62.2 Å². The molecule has 0 saturated carbocycles. The van der Waals surface area contributed by atoms with E-state index in [9.17, 15) is 18.7 Å². The van der Waals surface area contributed by atoms with Crippen LogP contribution in [0.5, 0.6) is 17.2 Å². The molecular formula is C32H30F2N4O5. The topological polar surface area (TPSA) is 110 Å². The predicted octanol–water partition coefficient (Wildman–Crippen LogP) is 5.52. The highest BCUT2D eigenvalue weighted by atomic mass is 19.1. The number of hydrogen-bond acceptors (Lipinski definition) is 7. The van der Waals surface area contributed by atoms with Crippen LogP contribution in [0.15, 0.2) is 48.5 Å². The van der Waals surface area contributed by atoms with Crippen molar-refractivity contribution >= 4 is 17.0 Å². The fraction of sp³-hybridized carbons (Fsp3) is 0.344. The number of carbonyl (C=O) groups is 1. The molecule has 0 radical (unpaired) electrons. The number of rotatable bonds is 8. The minimum absolute atomic E-state index is 0.0540. The lowest BCUT2D eigenvalue weighted by Crippen LogP contribution is -2.33. The summed E-state index contributed by atoms with van der Waals surface area (Å²) >= 11 is 0. The summed E-state index contributed by atoms with van der Waals surface area (Å²) < 4.78 is 47.2. The third-order valence-corrected chi connectivity index (χ3v) is 8.15. The number of para-hydroxylation sites is 1. The maximum Gasteiger partial charge on any atom is 0.335 e. The van der Waals surface area contributed by atoms with E-state index in [1.54, 1.807) is 18.2 Å². The third kappa shape index (κ3) is 5.58. The van der Waals surface area contributed by atoms with E-state index < -0.39 is 24.6 Å². The molecule has 2 aliphatic heterocycles.